The zero-order chi connectivity index (χ0) is 9.40. The largest absolute Gasteiger partial charge is 0.189 e. The van der Waals surface area contributed by atoms with Crippen LogP contribution in [-0.2, 0) is 11.5 Å². The molecule has 0 radical (unpaired) electrons. The van der Waals surface area contributed by atoms with E-state index >= 15 is 0 Å². The fraction of sp³-hybridized carbons (Fsp3) is 0.400. The molecule has 0 aliphatic rings. The Morgan fingerprint density at radius 3 is 2.50 bits per heavy atom. The van der Waals surface area contributed by atoms with E-state index in [1.54, 1.807) is 0 Å². The highest BCUT2D eigenvalue weighted by molar-refractivity contribution is 5.21. The molecule has 0 spiro atoms. The molecule has 1 aromatic rings. The van der Waals surface area contributed by atoms with Gasteiger partial charge in [-0.05, 0) is 17.0 Å². The average Bonchev–Trinajstić information content (AvgIpc) is 2.09. The van der Waals surface area contributed by atoms with Crippen molar-refractivity contribution in [1.29, 1.82) is 0 Å². The van der Waals surface area contributed by atoms with E-state index in [9.17, 15) is 4.53 Å². The molecule has 68 valence electrons. The number of rotatable bonds is 2. The van der Waals surface area contributed by atoms with E-state index in [1.165, 1.54) is 0 Å². The standard InChI is InChI=1S/C8H9FO.C2H6/c1-7-3-2-4-8(5-7)6-10-9;1-2/h2-5H,6H2,1H3;1-2H3. The van der Waals surface area contributed by atoms with Gasteiger partial charge < -0.3 is 0 Å². The van der Waals surface area contributed by atoms with Gasteiger partial charge in [0.1, 0.15) is 6.61 Å². The topological polar surface area (TPSA) is 9.23 Å². The van der Waals surface area contributed by atoms with E-state index < -0.39 is 0 Å². The molecule has 0 saturated carbocycles. The highest BCUT2D eigenvalue weighted by Gasteiger charge is 1.91. The Labute approximate surface area is 73.1 Å². The van der Waals surface area contributed by atoms with Crippen molar-refractivity contribution in [3.8, 4) is 0 Å². The molecule has 0 saturated heterocycles. The smallest absolute Gasteiger partial charge is 0.113 e. The second-order valence-corrected chi connectivity index (χ2v) is 2.24. The summed E-state index contributed by atoms with van der Waals surface area (Å²) in [6.07, 6.45) is 0. The number of halogens is 1. The quantitative estimate of drug-likeness (QED) is 0.660. The van der Waals surface area contributed by atoms with Crippen molar-refractivity contribution in [3.63, 3.8) is 0 Å². The number of hydrogen-bond donors (Lipinski definition) is 0. The van der Waals surface area contributed by atoms with Crippen molar-refractivity contribution in [3.05, 3.63) is 35.4 Å². The van der Waals surface area contributed by atoms with Crippen LogP contribution in [0.3, 0.4) is 0 Å². The Morgan fingerprint density at radius 2 is 2.00 bits per heavy atom. The van der Waals surface area contributed by atoms with Crippen LogP contribution in [0.25, 0.3) is 0 Å². The Kier molecular flexibility index (Phi) is 6.29. The molecule has 12 heavy (non-hydrogen) atoms. The van der Waals surface area contributed by atoms with Crippen molar-refractivity contribution in [2.24, 2.45) is 0 Å². The van der Waals surface area contributed by atoms with Crippen LogP contribution < -0.4 is 0 Å². The first-order valence-corrected chi connectivity index (χ1v) is 4.12. The van der Waals surface area contributed by atoms with Crippen LogP contribution in [0.15, 0.2) is 24.3 Å². The molecule has 0 N–H and O–H groups in total. The Balaban J connectivity index is 0.000000561. The summed E-state index contributed by atoms with van der Waals surface area (Å²) in [5.74, 6) is 0. The van der Waals surface area contributed by atoms with Crippen LogP contribution in [0.2, 0.25) is 0 Å². The van der Waals surface area contributed by atoms with Gasteiger partial charge in [0.05, 0.1) is 0 Å². The third-order valence-corrected chi connectivity index (χ3v) is 1.30. The third kappa shape index (κ3) is 4.09. The third-order valence-electron chi connectivity index (χ3n) is 1.30. The first-order valence-electron chi connectivity index (χ1n) is 4.12. The maximum atomic E-state index is 11.3. The van der Waals surface area contributed by atoms with Gasteiger partial charge in [0.15, 0.2) is 0 Å². The van der Waals surface area contributed by atoms with Crippen LogP contribution >= 0.6 is 0 Å². The summed E-state index contributed by atoms with van der Waals surface area (Å²) < 4.78 is 11.3. The molecule has 0 aliphatic carbocycles. The van der Waals surface area contributed by atoms with E-state index in [-0.39, 0.29) is 6.61 Å². The molecule has 1 rings (SSSR count). The Bertz CT molecular complexity index is 211. The van der Waals surface area contributed by atoms with Gasteiger partial charge in [-0.25, -0.2) is 0 Å². The molecular formula is C10H15FO. The molecule has 0 aromatic heterocycles. The van der Waals surface area contributed by atoms with Crippen molar-refractivity contribution in [1.82, 2.24) is 0 Å². The SMILES string of the molecule is CC.Cc1cccc(COF)c1. The lowest BCUT2D eigenvalue weighted by molar-refractivity contribution is -0.144. The van der Waals surface area contributed by atoms with Crippen LogP contribution in [0.4, 0.5) is 4.53 Å². The zero-order valence-electron chi connectivity index (χ0n) is 7.80. The molecule has 0 amide bonds. The highest BCUT2D eigenvalue weighted by Crippen LogP contribution is 2.04. The van der Waals surface area contributed by atoms with Crippen molar-refractivity contribution in [2.75, 3.05) is 0 Å². The van der Waals surface area contributed by atoms with Crippen molar-refractivity contribution < 1.29 is 9.47 Å². The van der Waals surface area contributed by atoms with E-state index in [0.717, 1.165) is 11.1 Å². The van der Waals surface area contributed by atoms with Crippen LogP contribution in [0, 0.1) is 6.92 Å². The predicted molar refractivity (Wildman–Crippen MR) is 48.4 cm³/mol. The molecule has 1 aromatic carbocycles. The van der Waals surface area contributed by atoms with Gasteiger partial charge in [-0.1, -0.05) is 43.7 Å². The maximum Gasteiger partial charge on any atom is 0.113 e. The number of hydrogen-bond acceptors (Lipinski definition) is 1. The minimum absolute atomic E-state index is 0.0433. The predicted octanol–water partition coefficient (Wildman–Crippen LogP) is 3.42. The average molecular weight is 170 g/mol. The molecule has 0 bridgehead atoms. The van der Waals surface area contributed by atoms with Gasteiger partial charge in [0.2, 0.25) is 0 Å². The summed E-state index contributed by atoms with van der Waals surface area (Å²) in [5, 5.41) is 0. The van der Waals surface area contributed by atoms with Crippen LogP contribution in [0.1, 0.15) is 25.0 Å². The first kappa shape index (κ1) is 11.1. The Hall–Kier alpha value is -0.890. The second kappa shape index (κ2) is 6.80. The lowest BCUT2D eigenvalue weighted by Crippen LogP contribution is -1.84. The highest BCUT2D eigenvalue weighted by atomic mass is 19.3. The van der Waals surface area contributed by atoms with E-state index in [2.05, 4.69) is 4.94 Å². The summed E-state index contributed by atoms with van der Waals surface area (Å²) in [7, 11) is 0. The van der Waals surface area contributed by atoms with Gasteiger partial charge in [-0.3, -0.25) is 0 Å². The van der Waals surface area contributed by atoms with E-state index in [0.29, 0.717) is 0 Å². The fourth-order valence-corrected chi connectivity index (χ4v) is 0.865. The fourth-order valence-electron chi connectivity index (χ4n) is 0.865. The monoisotopic (exact) mass is 170 g/mol. The van der Waals surface area contributed by atoms with Gasteiger partial charge in [-0.2, -0.15) is 4.94 Å². The number of benzene rings is 1. The molecule has 2 heteroatoms. The minimum atomic E-state index is 0.0433. The summed E-state index contributed by atoms with van der Waals surface area (Å²) in [6, 6.07) is 7.55. The zero-order valence-corrected chi connectivity index (χ0v) is 7.80. The molecule has 0 heterocycles. The van der Waals surface area contributed by atoms with E-state index in [1.807, 2.05) is 45.0 Å². The second-order valence-electron chi connectivity index (χ2n) is 2.24. The first-order chi connectivity index (χ1) is 5.83. The lowest BCUT2D eigenvalue weighted by Gasteiger charge is -1.96. The minimum Gasteiger partial charge on any atom is -0.189 e. The van der Waals surface area contributed by atoms with Crippen LogP contribution in [0.5, 0.6) is 0 Å². The molecule has 1 nitrogen and oxygen atoms in total. The van der Waals surface area contributed by atoms with Crippen LogP contribution in [-0.4, -0.2) is 0 Å². The normalized spacial score (nSPS) is 8.67. The Morgan fingerprint density at radius 1 is 1.33 bits per heavy atom. The summed E-state index contributed by atoms with van der Waals surface area (Å²) in [5.41, 5.74) is 1.98. The van der Waals surface area contributed by atoms with Crippen molar-refractivity contribution in [2.45, 2.75) is 27.4 Å². The molecule has 0 aliphatic heterocycles. The summed E-state index contributed by atoms with van der Waals surface area (Å²) in [6.45, 7) is 6.00. The van der Waals surface area contributed by atoms with Gasteiger partial charge >= 0.3 is 0 Å². The summed E-state index contributed by atoms with van der Waals surface area (Å²) >= 11 is 0. The molecule has 0 unspecified atom stereocenters. The summed E-state index contributed by atoms with van der Waals surface area (Å²) in [4.78, 5) is 3.48. The van der Waals surface area contributed by atoms with Gasteiger partial charge in [0.25, 0.3) is 0 Å². The molecular weight excluding hydrogens is 155 g/mol. The van der Waals surface area contributed by atoms with E-state index in [4.69, 9.17) is 0 Å². The number of aryl methyl sites for hydroxylation is 1. The van der Waals surface area contributed by atoms with Gasteiger partial charge in [0, 0.05) is 0 Å². The molecule has 0 atom stereocenters. The van der Waals surface area contributed by atoms with Gasteiger partial charge in [-0.15, -0.1) is 0 Å². The van der Waals surface area contributed by atoms with Crippen molar-refractivity contribution >= 4 is 0 Å². The molecule has 0 fully saturated rings. The lowest BCUT2D eigenvalue weighted by atomic mass is 10.1. The maximum absolute atomic E-state index is 11.3.